The first-order valence-corrected chi connectivity index (χ1v) is 10.4. The van der Waals surface area contributed by atoms with E-state index in [2.05, 4.69) is 54.4 Å². The molecule has 1 N–H and O–H groups in total. The fourth-order valence-electron chi connectivity index (χ4n) is 4.32. The van der Waals surface area contributed by atoms with Gasteiger partial charge in [-0.1, -0.05) is 50.2 Å². The summed E-state index contributed by atoms with van der Waals surface area (Å²) >= 11 is 0. The highest BCUT2D eigenvalue weighted by Gasteiger charge is 2.27. The molecule has 0 fully saturated rings. The van der Waals surface area contributed by atoms with Crippen LogP contribution in [-0.2, 0) is 11.2 Å². The molecular weight excluding hydrogens is 348 g/mol. The standard InChI is InChI=1S/C24H32N2O2/c1-4-26(5-2)23(19-12-8-13-20(16-19)28-3)17-25-24(27)22-15-9-11-18-10-6-7-14-21(18)22/h6-8,10,12-14,16,22-23H,4-5,9,11,15,17H2,1-3H3,(H,25,27). The molecule has 0 saturated carbocycles. The predicted octanol–water partition coefficient (Wildman–Crippen LogP) is 4.31. The van der Waals surface area contributed by atoms with Crippen LogP contribution in [0, 0.1) is 0 Å². The van der Waals surface area contributed by atoms with Gasteiger partial charge in [0, 0.05) is 6.54 Å². The second kappa shape index (κ2) is 9.74. The van der Waals surface area contributed by atoms with Crippen molar-refractivity contribution in [2.24, 2.45) is 0 Å². The third-order valence-corrected chi connectivity index (χ3v) is 5.89. The van der Waals surface area contributed by atoms with Crippen molar-refractivity contribution >= 4 is 5.91 Å². The molecule has 1 amide bonds. The third-order valence-electron chi connectivity index (χ3n) is 5.89. The van der Waals surface area contributed by atoms with Crippen LogP contribution in [-0.4, -0.2) is 37.6 Å². The molecular formula is C24H32N2O2. The molecule has 2 aromatic carbocycles. The molecule has 0 bridgehead atoms. The second-order valence-corrected chi connectivity index (χ2v) is 7.40. The molecule has 0 aliphatic heterocycles. The van der Waals surface area contributed by atoms with E-state index in [1.54, 1.807) is 7.11 Å². The Bertz CT molecular complexity index is 786. The van der Waals surface area contributed by atoms with E-state index < -0.39 is 0 Å². The van der Waals surface area contributed by atoms with Gasteiger partial charge in [0.2, 0.25) is 5.91 Å². The minimum absolute atomic E-state index is 0.0346. The monoisotopic (exact) mass is 380 g/mol. The lowest BCUT2D eigenvalue weighted by Crippen LogP contribution is -2.40. The number of methoxy groups -OCH3 is 1. The van der Waals surface area contributed by atoms with Gasteiger partial charge < -0.3 is 10.1 Å². The van der Waals surface area contributed by atoms with Gasteiger partial charge in [-0.2, -0.15) is 0 Å². The molecule has 0 radical (unpaired) electrons. The number of amides is 1. The lowest BCUT2D eigenvalue weighted by molar-refractivity contribution is -0.123. The molecule has 4 heteroatoms. The number of fused-ring (bicyclic) bond motifs is 1. The number of carbonyl (C=O) groups excluding carboxylic acids is 1. The van der Waals surface area contributed by atoms with Crippen molar-refractivity contribution in [3.8, 4) is 5.75 Å². The van der Waals surface area contributed by atoms with Crippen LogP contribution >= 0.6 is 0 Å². The number of nitrogens with one attached hydrogen (secondary N) is 1. The predicted molar refractivity (Wildman–Crippen MR) is 114 cm³/mol. The molecule has 1 aliphatic carbocycles. The van der Waals surface area contributed by atoms with Gasteiger partial charge >= 0.3 is 0 Å². The van der Waals surface area contributed by atoms with Crippen molar-refractivity contribution in [1.82, 2.24) is 10.2 Å². The van der Waals surface area contributed by atoms with Crippen LogP contribution in [0.1, 0.15) is 55.3 Å². The Labute approximate surface area is 168 Å². The van der Waals surface area contributed by atoms with E-state index in [0.717, 1.165) is 38.1 Å². The average Bonchev–Trinajstić information content (AvgIpc) is 2.76. The largest absolute Gasteiger partial charge is 0.497 e. The summed E-state index contributed by atoms with van der Waals surface area (Å²) in [6.07, 6.45) is 3.08. The van der Waals surface area contributed by atoms with E-state index in [-0.39, 0.29) is 17.9 Å². The van der Waals surface area contributed by atoms with Crippen LogP contribution in [0.3, 0.4) is 0 Å². The number of hydrogen-bond acceptors (Lipinski definition) is 3. The molecule has 150 valence electrons. The number of likely N-dealkylation sites (N-methyl/N-ethyl adjacent to an activating group) is 1. The van der Waals surface area contributed by atoms with Crippen LogP contribution in [0.2, 0.25) is 0 Å². The van der Waals surface area contributed by atoms with E-state index >= 15 is 0 Å². The highest BCUT2D eigenvalue weighted by molar-refractivity contribution is 5.84. The molecule has 3 rings (SSSR count). The van der Waals surface area contributed by atoms with Gasteiger partial charge in [-0.15, -0.1) is 0 Å². The third kappa shape index (κ3) is 4.56. The molecule has 0 saturated heterocycles. The summed E-state index contributed by atoms with van der Waals surface area (Å²) < 4.78 is 5.41. The maximum absolute atomic E-state index is 13.1. The highest BCUT2D eigenvalue weighted by atomic mass is 16.5. The SMILES string of the molecule is CCN(CC)C(CNC(=O)C1CCCc2ccccc21)c1cccc(OC)c1. The first kappa shape index (κ1) is 20.4. The number of rotatable bonds is 8. The quantitative estimate of drug-likeness (QED) is 0.742. The van der Waals surface area contributed by atoms with Gasteiger partial charge in [0.15, 0.2) is 0 Å². The lowest BCUT2D eigenvalue weighted by Gasteiger charge is -2.31. The number of aryl methyl sites for hydroxylation is 1. The van der Waals surface area contributed by atoms with E-state index in [1.165, 1.54) is 16.7 Å². The normalized spacial score (nSPS) is 17.1. The van der Waals surface area contributed by atoms with Gasteiger partial charge in [-0.25, -0.2) is 0 Å². The van der Waals surface area contributed by atoms with Crippen LogP contribution in [0.5, 0.6) is 5.75 Å². The van der Waals surface area contributed by atoms with Gasteiger partial charge in [-0.3, -0.25) is 9.69 Å². The number of carbonyl (C=O) groups is 1. The van der Waals surface area contributed by atoms with Gasteiger partial charge in [0.25, 0.3) is 0 Å². The van der Waals surface area contributed by atoms with Gasteiger partial charge in [-0.05, 0) is 61.2 Å². The van der Waals surface area contributed by atoms with E-state index in [9.17, 15) is 4.79 Å². The molecule has 28 heavy (non-hydrogen) atoms. The number of benzene rings is 2. The summed E-state index contributed by atoms with van der Waals surface area (Å²) in [5, 5.41) is 3.26. The van der Waals surface area contributed by atoms with E-state index in [4.69, 9.17) is 4.74 Å². The Hall–Kier alpha value is -2.33. The molecule has 2 atom stereocenters. The molecule has 0 aromatic heterocycles. The molecule has 1 aliphatic rings. The van der Waals surface area contributed by atoms with Crippen LogP contribution in [0.15, 0.2) is 48.5 Å². The number of nitrogens with zero attached hydrogens (tertiary/aromatic N) is 1. The van der Waals surface area contributed by atoms with Crippen molar-refractivity contribution in [1.29, 1.82) is 0 Å². The maximum Gasteiger partial charge on any atom is 0.227 e. The van der Waals surface area contributed by atoms with Gasteiger partial charge in [0.1, 0.15) is 5.75 Å². The zero-order chi connectivity index (χ0) is 19.9. The molecule has 2 unspecified atom stereocenters. The topological polar surface area (TPSA) is 41.6 Å². The van der Waals surface area contributed by atoms with Crippen LogP contribution < -0.4 is 10.1 Å². The highest BCUT2D eigenvalue weighted by Crippen LogP contribution is 2.32. The maximum atomic E-state index is 13.1. The second-order valence-electron chi connectivity index (χ2n) is 7.40. The Kier molecular flexibility index (Phi) is 7.10. The summed E-state index contributed by atoms with van der Waals surface area (Å²) in [5.41, 5.74) is 3.70. The van der Waals surface area contributed by atoms with Crippen molar-refractivity contribution in [2.75, 3.05) is 26.7 Å². The van der Waals surface area contributed by atoms with Crippen molar-refractivity contribution in [3.05, 3.63) is 65.2 Å². The minimum atomic E-state index is -0.0346. The summed E-state index contributed by atoms with van der Waals surface area (Å²) in [5.74, 6) is 0.960. The number of hydrogen-bond donors (Lipinski definition) is 1. The van der Waals surface area contributed by atoms with E-state index in [1.807, 2.05) is 18.2 Å². The van der Waals surface area contributed by atoms with Crippen molar-refractivity contribution in [3.63, 3.8) is 0 Å². The van der Waals surface area contributed by atoms with Crippen LogP contribution in [0.25, 0.3) is 0 Å². The van der Waals surface area contributed by atoms with Gasteiger partial charge in [0.05, 0.1) is 19.1 Å². The van der Waals surface area contributed by atoms with Crippen molar-refractivity contribution in [2.45, 2.75) is 45.1 Å². The van der Waals surface area contributed by atoms with E-state index in [0.29, 0.717) is 6.54 Å². The Morgan fingerprint density at radius 3 is 2.71 bits per heavy atom. The number of ether oxygens (including phenoxy) is 1. The molecule has 2 aromatic rings. The van der Waals surface area contributed by atoms with Crippen LogP contribution in [0.4, 0.5) is 0 Å². The Balaban J connectivity index is 1.76. The average molecular weight is 381 g/mol. The fourth-order valence-corrected chi connectivity index (χ4v) is 4.32. The Morgan fingerprint density at radius 2 is 1.96 bits per heavy atom. The zero-order valence-electron chi connectivity index (χ0n) is 17.3. The zero-order valence-corrected chi connectivity index (χ0v) is 17.3. The molecule has 0 heterocycles. The first-order valence-electron chi connectivity index (χ1n) is 10.4. The van der Waals surface area contributed by atoms with Crippen molar-refractivity contribution < 1.29 is 9.53 Å². The summed E-state index contributed by atoms with van der Waals surface area (Å²) in [4.78, 5) is 15.4. The summed E-state index contributed by atoms with van der Waals surface area (Å²) in [6, 6.07) is 16.7. The smallest absolute Gasteiger partial charge is 0.227 e. The minimum Gasteiger partial charge on any atom is -0.497 e. The fraction of sp³-hybridized carbons (Fsp3) is 0.458. The summed E-state index contributed by atoms with van der Waals surface area (Å²) in [7, 11) is 1.69. The summed E-state index contributed by atoms with van der Waals surface area (Å²) in [6.45, 7) is 6.79. The molecule has 4 nitrogen and oxygen atoms in total. The molecule has 0 spiro atoms. The Morgan fingerprint density at radius 1 is 1.18 bits per heavy atom. The lowest BCUT2D eigenvalue weighted by atomic mass is 9.82. The first-order chi connectivity index (χ1) is 13.7.